The summed E-state index contributed by atoms with van der Waals surface area (Å²) >= 11 is 1.70. The van der Waals surface area contributed by atoms with Crippen molar-refractivity contribution in [3.05, 3.63) is 51.5 Å². The van der Waals surface area contributed by atoms with Gasteiger partial charge in [-0.15, -0.1) is 11.3 Å². The van der Waals surface area contributed by atoms with Gasteiger partial charge in [-0.25, -0.2) is 13.8 Å². The first-order valence-corrected chi connectivity index (χ1v) is 8.78. The van der Waals surface area contributed by atoms with Crippen molar-refractivity contribution in [3.8, 4) is 0 Å². The first kappa shape index (κ1) is 15.7. The van der Waals surface area contributed by atoms with Crippen molar-refractivity contribution in [1.29, 1.82) is 0 Å². The number of hydrogen-bond acceptors (Lipinski definition) is 4. The number of hydrogen-bond donors (Lipinski definition) is 0. The zero-order valence-electron chi connectivity index (χ0n) is 12.9. The monoisotopic (exact) mass is 350 g/mol. The summed E-state index contributed by atoms with van der Waals surface area (Å²) in [6, 6.07) is 2.83. The number of likely N-dealkylation sites (tertiary alicyclic amines) is 1. The van der Waals surface area contributed by atoms with Gasteiger partial charge in [0.1, 0.15) is 11.4 Å². The molecule has 0 unspecified atom stereocenters. The van der Waals surface area contributed by atoms with Crippen LogP contribution in [0, 0.1) is 11.6 Å². The molecule has 24 heavy (non-hydrogen) atoms. The second-order valence-electron chi connectivity index (χ2n) is 6.14. The predicted molar refractivity (Wildman–Crippen MR) is 84.9 cm³/mol. The van der Waals surface area contributed by atoms with Crippen LogP contribution in [0.4, 0.5) is 8.78 Å². The molecule has 2 aromatic rings. The number of carbonyl (C=O) groups excluding carboxylic acids is 1. The van der Waals surface area contributed by atoms with E-state index in [0.717, 1.165) is 12.6 Å². The Kier molecular flexibility index (Phi) is 3.85. The van der Waals surface area contributed by atoms with E-state index in [0.29, 0.717) is 38.6 Å². The van der Waals surface area contributed by atoms with E-state index in [9.17, 15) is 13.6 Å². The Morgan fingerprint density at radius 2 is 2.12 bits per heavy atom. The average molecular weight is 350 g/mol. The number of ether oxygens (including phenoxy) is 1. The molecule has 2 aliphatic heterocycles. The molecule has 1 spiro atoms. The number of thiophene rings is 1. The van der Waals surface area contributed by atoms with Crippen molar-refractivity contribution < 1.29 is 18.3 Å². The molecule has 4 nitrogen and oxygen atoms in total. The maximum absolute atomic E-state index is 13.8. The average Bonchev–Trinajstić information content (AvgIpc) is 3.05. The molecule has 2 aromatic heterocycles. The van der Waals surface area contributed by atoms with Crippen molar-refractivity contribution >= 4 is 17.2 Å². The van der Waals surface area contributed by atoms with Crippen LogP contribution in [0.15, 0.2) is 23.7 Å². The van der Waals surface area contributed by atoms with Gasteiger partial charge < -0.3 is 9.64 Å². The van der Waals surface area contributed by atoms with Crippen LogP contribution in [0.5, 0.6) is 0 Å². The Labute approximate surface area is 142 Å². The molecule has 0 saturated carbocycles. The standard InChI is InChI=1S/C17H16F2N2O2S/c18-12-9-13(19)14(20-10-12)16(22)21-5-3-17(4-6-21)15-11(1-7-23-17)2-8-24-15/h2,8-10H,1,3-7H2. The third-order valence-electron chi connectivity index (χ3n) is 4.78. The fourth-order valence-electron chi connectivity index (χ4n) is 3.52. The van der Waals surface area contributed by atoms with Gasteiger partial charge in [0.2, 0.25) is 0 Å². The normalized spacial score (nSPS) is 19.3. The summed E-state index contributed by atoms with van der Waals surface area (Å²) in [5.41, 5.74) is 0.679. The van der Waals surface area contributed by atoms with Crippen LogP contribution in [0.2, 0.25) is 0 Å². The SMILES string of the molecule is O=C(c1ncc(F)cc1F)N1CCC2(CC1)OCCc1ccsc12. The number of fused-ring (bicyclic) bond motifs is 2. The highest BCUT2D eigenvalue weighted by Crippen LogP contribution is 2.44. The lowest BCUT2D eigenvalue weighted by Gasteiger charge is -2.43. The number of piperidine rings is 1. The molecule has 1 fully saturated rings. The molecule has 126 valence electrons. The molecular weight excluding hydrogens is 334 g/mol. The van der Waals surface area contributed by atoms with Gasteiger partial charge in [-0.2, -0.15) is 0 Å². The van der Waals surface area contributed by atoms with Gasteiger partial charge in [0.25, 0.3) is 5.91 Å². The molecule has 0 radical (unpaired) electrons. The lowest BCUT2D eigenvalue weighted by molar-refractivity contribution is -0.0906. The van der Waals surface area contributed by atoms with Gasteiger partial charge in [-0.05, 0) is 36.3 Å². The molecular formula is C17H16F2N2O2S. The number of nitrogens with zero attached hydrogens (tertiary/aromatic N) is 2. The highest BCUT2D eigenvalue weighted by atomic mass is 32.1. The summed E-state index contributed by atoms with van der Waals surface area (Å²) < 4.78 is 32.8. The third-order valence-corrected chi connectivity index (χ3v) is 5.92. The van der Waals surface area contributed by atoms with Crippen molar-refractivity contribution in [3.63, 3.8) is 0 Å². The second-order valence-corrected chi connectivity index (χ2v) is 7.06. The van der Waals surface area contributed by atoms with E-state index in [4.69, 9.17) is 4.74 Å². The summed E-state index contributed by atoms with van der Waals surface area (Å²) in [5.74, 6) is -2.21. The zero-order valence-corrected chi connectivity index (χ0v) is 13.7. The van der Waals surface area contributed by atoms with Crippen molar-refractivity contribution in [2.75, 3.05) is 19.7 Å². The molecule has 0 bridgehead atoms. The lowest BCUT2D eigenvalue weighted by Crippen LogP contribution is -2.48. The molecule has 4 heterocycles. The van der Waals surface area contributed by atoms with Gasteiger partial charge >= 0.3 is 0 Å². The number of carbonyl (C=O) groups is 1. The Hall–Kier alpha value is -1.86. The minimum atomic E-state index is -0.922. The van der Waals surface area contributed by atoms with Gasteiger partial charge in [-0.3, -0.25) is 4.79 Å². The minimum Gasteiger partial charge on any atom is -0.369 e. The summed E-state index contributed by atoms with van der Waals surface area (Å²) in [5, 5.41) is 2.08. The molecule has 0 atom stereocenters. The van der Waals surface area contributed by atoms with Crippen molar-refractivity contribution in [1.82, 2.24) is 9.88 Å². The number of aromatic nitrogens is 1. The number of rotatable bonds is 1. The quantitative estimate of drug-likeness (QED) is 0.794. The Morgan fingerprint density at radius 1 is 1.33 bits per heavy atom. The third kappa shape index (κ3) is 2.52. The Morgan fingerprint density at radius 3 is 2.88 bits per heavy atom. The van der Waals surface area contributed by atoms with Crippen LogP contribution in [-0.2, 0) is 16.8 Å². The maximum Gasteiger partial charge on any atom is 0.275 e. The van der Waals surface area contributed by atoms with Crippen molar-refractivity contribution in [2.24, 2.45) is 0 Å². The van der Waals surface area contributed by atoms with E-state index < -0.39 is 17.5 Å². The maximum atomic E-state index is 13.8. The zero-order chi connectivity index (χ0) is 16.7. The highest BCUT2D eigenvalue weighted by Gasteiger charge is 2.43. The molecule has 7 heteroatoms. The fourth-order valence-corrected chi connectivity index (χ4v) is 4.69. The second kappa shape index (κ2) is 5.89. The largest absolute Gasteiger partial charge is 0.369 e. The van der Waals surface area contributed by atoms with E-state index in [2.05, 4.69) is 16.4 Å². The van der Waals surface area contributed by atoms with E-state index in [1.807, 2.05) is 0 Å². The molecule has 0 aromatic carbocycles. The molecule has 1 amide bonds. The van der Waals surface area contributed by atoms with Crippen LogP contribution in [0.1, 0.15) is 33.8 Å². The van der Waals surface area contributed by atoms with Crippen LogP contribution >= 0.6 is 11.3 Å². The Bertz CT molecular complexity index is 785. The highest BCUT2D eigenvalue weighted by molar-refractivity contribution is 7.10. The minimum absolute atomic E-state index is 0.325. The van der Waals surface area contributed by atoms with Crippen LogP contribution in [0.25, 0.3) is 0 Å². The van der Waals surface area contributed by atoms with E-state index in [1.165, 1.54) is 10.4 Å². The van der Waals surface area contributed by atoms with Crippen molar-refractivity contribution in [2.45, 2.75) is 24.9 Å². The molecule has 1 saturated heterocycles. The lowest BCUT2D eigenvalue weighted by atomic mass is 9.85. The number of amides is 1. The fraction of sp³-hybridized carbons (Fsp3) is 0.412. The molecule has 2 aliphatic rings. The first-order valence-electron chi connectivity index (χ1n) is 7.90. The van der Waals surface area contributed by atoms with Gasteiger partial charge in [0, 0.05) is 24.0 Å². The van der Waals surface area contributed by atoms with Crippen LogP contribution < -0.4 is 0 Å². The predicted octanol–water partition coefficient (Wildman–Crippen LogP) is 3.13. The molecule has 0 N–H and O–H groups in total. The first-order chi connectivity index (χ1) is 11.6. The summed E-state index contributed by atoms with van der Waals surface area (Å²) in [7, 11) is 0. The molecule has 4 rings (SSSR count). The smallest absolute Gasteiger partial charge is 0.275 e. The summed E-state index contributed by atoms with van der Waals surface area (Å²) in [4.78, 5) is 18.9. The Balaban J connectivity index is 1.52. The number of halogens is 2. The van der Waals surface area contributed by atoms with Crippen LogP contribution in [0.3, 0.4) is 0 Å². The van der Waals surface area contributed by atoms with Gasteiger partial charge in [0.15, 0.2) is 11.5 Å². The summed E-state index contributed by atoms with van der Waals surface area (Å²) in [6.45, 7) is 1.62. The van der Waals surface area contributed by atoms with Crippen LogP contribution in [-0.4, -0.2) is 35.5 Å². The number of pyridine rings is 1. The topological polar surface area (TPSA) is 42.4 Å². The molecule has 0 aliphatic carbocycles. The summed E-state index contributed by atoms with van der Waals surface area (Å²) in [6.07, 6.45) is 3.14. The van der Waals surface area contributed by atoms with E-state index in [1.54, 1.807) is 16.2 Å². The van der Waals surface area contributed by atoms with Gasteiger partial charge in [0.05, 0.1) is 12.8 Å². The van der Waals surface area contributed by atoms with E-state index in [-0.39, 0.29) is 11.3 Å². The van der Waals surface area contributed by atoms with Gasteiger partial charge in [-0.1, -0.05) is 0 Å². The van der Waals surface area contributed by atoms with E-state index >= 15 is 0 Å².